The van der Waals surface area contributed by atoms with E-state index in [1.54, 1.807) is 0 Å². The van der Waals surface area contributed by atoms with Crippen molar-refractivity contribution in [2.45, 2.75) is 46.1 Å². The number of fused-ring (bicyclic) bond motifs is 2. The van der Waals surface area contributed by atoms with Crippen molar-refractivity contribution in [1.82, 2.24) is 15.0 Å². The molecule has 3 rings (SSSR count). The van der Waals surface area contributed by atoms with Gasteiger partial charge in [-0.05, 0) is 59.2 Å². The summed E-state index contributed by atoms with van der Waals surface area (Å²) in [7, 11) is 0. The number of hydrogen-bond donors (Lipinski definition) is 1. The maximum Gasteiger partial charge on any atom is 0.228 e. The summed E-state index contributed by atoms with van der Waals surface area (Å²) < 4.78 is 0. The van der Waals surface area contributed by atoms with Crippen LogP contribution in [-0.4, -0.2) is 21.0 Å². The van der Waals surface area contributed by atoms with Crippen molar-refractivity contribution in [3.8, 4) is 0 Å². The molecule has 3 unspecified atom stereocenters. The van der Waals surface area contributed by atoms with Crippen molar-refractivity contribution >= 4 is 29.2 Å². The molecule has 0 aliphatic heterocycles. The molecule has 2 saturated carbocycles. The molecular weight excluding hydrogens is 283 g/mol. The highest BCUT2D eigenvalue weighted by Crippen LogP contribution is 2.62. The number of rotatable bonds is 2. The quantitative estimate of drug-likeness (QED) is 0.902. The van der Waals surface area contributed by atoms with Crippen LogP contribution in [0.1, 0.15) is 40.0 Å². The van der Waals surface area contributed by atoms with E-state index >= 15 is 0 Å². The summed E-state index contributed by atoms with van der Waals surface area (Å²) in [5, 5.41) is 3.72. The average Bonchev–Trinajstić information content (AvgIpc) is 2.74. The molecule has 0 spiro atoms. The van der Waals surface area contributed by atoms with Crippen LogP contribution in [0, 0.1) is 16.7 Å². The van der Waals surface area contributed by atoms with E-state index in [0.717, 1.165) is 5.92 Å². The van der Waals surface area contributed by atoms with Crippen LogP contribution in [0.15, 0.2) is 0 Å². The van der Waals surface area contributed by atoms with Gasteiger partial charge in [0.25, 0.3) is 0 Å². The molecule has 3 atom stereocenters. The van der Waals surface area contributed by atoms with Gasteiger partial charge >= 0.3 is 0 Å². The average molecular weight is 301 g/mol. The zero-order valence-corrected chi connectivity index (χ0v) is 12.9. The largest absolute Gasteiger partial charge is 0.350 e. The smallest absolute Gasteiger partial charge is 0.228 e. The van der Waals surface area contributed by atoms with Crippen LogP contribution in [0.5, 0.6) is 0 Å². The Labute approximate surface area is 123 Å². The molecule has 6 heteroatoms. The molecule has 1 aromatic rings. The van der Waals surface area contributed by atoms with Crippen molar-refractivity contribution in [2.24, 2.45) is 16.7 Å². The highest BCUT2D eigenvalue weighted by molar-refractivity contribution is 6.31. The second-order valence-electron chi connectivity index (χ2n) is 6.69. The second kappa shape index (κ2) is 4.19. The Morgan fingerprint density at radius 2 is 1.74 bits per heavy atom. The maximum absolute atomic E-state index is 5.83. The summed E-state index contributed by atoms with van der Waals surface area (Å²) in [6, 6.07) is 0.341. The third-order valence-electron chi connectivity index (χ3n) is 5.12. The van der Waals surface area contributed by atoms with Gasteiger partial charge in [-0.15, -0.1) is 0 Å². The van der Waals surface area contributed by atoms with E-state index in [2.05, 4.69) is 41.0 Å². The minimum atomic E-state index is 0.133. The van der Waals surface area contributed by atoms with Gasteiger partial charge in [-0.25, -0.2) is 0 Å². The van der Waals surface area contributed by atoms with Crippen molar-refractivity contribution in [1.29, 1.82) is 0 Å². The maximum atomic E-state index is 5.83. The SMILES string of the molecule is CC12CCC(C1)C(C)(C)C2Nc1nc(Cl)nc(Cl)n1. The Kier molecular flexibility index (Phi) is 2.95. The number of anilines is 1. The number of halogens is 2. The lowest BCUT2D eigenvalue weighted by atomic mass is 9.68. The summed E-state index contributed by atoms with van der Waals surface area (Å²) >= 11 is 11.7. The molecule has 0 aromatic carbocycles. The van der Waals surface area contributed by atoms with Gasteiger partial charge in [-0.2, -0.15) is 15.0 Å². The Bertz CT molecular complexity index is 494. The summed E-state index contributed by atoms with van der Waals surface area (Å²) in [4.78, 5) is 12.0. The lowest BCUT2D eigenvalue weighted by molar-refractivity contribution is 0.155. The van der Waals surface area contributed by atoms with Gasteiger partial charge in [0.05, 0.1) is 0 Å². The fraction of sp³-hybridized carbons (Fsp3) is 0.769. The highest BCUT2D eigenvalue weighted by Gasteiger charge is 2.59. The Morgan fingerprint density at radius 3 is 2.26 bits per heavy atom. The second-order valence-corrected chi connectivity index (χ2v) is 7.37. The normalized spacial score (nSPS) is 35.6. The summed E-state index contributed by atoms with van der Waals surface area (Å²) in [5.41, 5.74) is 0.540. The van der Waals surface area contributed by atoms with Crippen LogP contribution < -0.4 is 5.32 Å². The molecule has 1 aromatic heterocycles. The van der Waals surface area contributed by atoms with E-state index in [1.165, 1.54) is 19.3 Å². The standard InChI is InChI=1S/C13H18Cl2N4/c1-12(2)7-4-5-13(3,6-7)8(12)16-11-18-9(14)17-10(15)19-11/h7-8H,4-6H2,1-3H3,(H,16,17,18,19). The van der Waals surface area contributed by atoms with Crippen LogP contribution in [0.4, 0.5) is 5.95 Å². The fourth-order valence-electron chi connectivity index (χ4n) is 4.18. The van der Waals surface area contributed by atoms with Crippen LogP contribution >= 0.6 is 23.2 Å². The van der Waals surface area contributed by atoms with Crippen LogP contribution in [0.2, 0.25) is 10.6 Å². The zero-order chi connectivity index (χ0) is 13.8. The molecule has 1 N–H and O–H groups in total. The third-order valence-corrected chi connectivity index (χ3v) is 5.46. The minimum Gasteiger partial charge on any atom is -0.350 e. The van der Waals surface area contributed by atoms with Crippen LogP contribution in [0.25, 0.3) is 0 Å². The van der Waals surface area contributed by atoms with Gasteiger partial charge in [0, 0.05) is 6.04 Å². The predicted octanol–water partition coefficient (Wildman–Crippen LogP) is 3.81. The first-order chi connectivity index (χ1) is 8.81. The van der Waals surface area contributed by atoms with Gasteiger partial charge in [-0.3, -0.25) is 0 Å². The van der Waals surface area contributed by atoms with Gasteiger partial charge in [0.2, 0.25) is 16.5 Å². The van der Waals surface area contributed by atoms with E-state index in [0.29, 0.717) is 17.4 Å². The van der Waals surface area contributed by atoms with Gasteiger partial charge < -0.3 is 5.32 Å². The molecule has 2 bridgehead atoms. The van der Waals surface area contributed by atoms with Gasteiger partial charge in [0.15, 0.2) is 0 Å². The van der Waals surface area contributed by atoms with E-state index in [4.69, 9.17) is 23.2 Å². The molecular formula is C13H18Cl2N4. The highest BCUT2D eigenvalue weighted by atomic mass is 35.5. The van der Waals surface area contributed by atoms with Gasteiger partial charge in [-0.1, -0.05) is 20.8 Å². The van der Waals surface area contributed by atoms with Gasteiger partial charge in [0.1, 0.15) is 0 Å². The molecule has 0 saturated heterocycles. The first-order valence-electron chi connectivity index (χ1n) is 6.65. The van der Waals surface area contributed by atoms with E-state index in [-0.39, 0.29) is 16.0 Å². The molecule has 19 heavy (non-hydrogen) atoms. The number of nitrogens with one attached hydrogen (secondary N) is 1. The molecule has 104 valence electrons. The Hall–Kier alpha value is -0.610. The third kappa shape index (κ3) is 2.09. The Morgan fingerprint density at radius 1 is 1.11 bits per heavy atom. The number of aromatic nitrogens is 3. The molecule has 2 fully saturated rings. The lowest BCUT2D eigenvalue weighted by Crippen LogP contribution is -2.46. The summed E-state index contributed by atoms with van der Waals surface area (Å²) in [5.74, 6) is 1.25. The summed E-state index contributed by atoms with van der Waals surface area (Å²) in [6.07, 6.45) is 3.84. The predicted molar refractivity (Wildman–Crippen MR) is 76.5 cm³/mol. The van der Waals surface area contributed by atoms with Crippen molar-refractivity contribution in [3.63, 3.8) is 0 Å². The van der Waals surface area contributed by atoms with Crippen molar-refractivity contribution in [2.75, 3.05) is 5.32 Å². The molecule has 2 aliphatic rings. The van der Waals surface area contributed by atoms with Crippen LogP contribution in [0.3, 0.4) is 0 Å². The van der Waals surface area contributed by atoms with E-state index < -0.39 is 0 Å². The first-order valence-corrected chi connectivity index (χ1v) is 7.40. The minimum absolute atomic E-state index is 0.133. The monoisotopic (exact) mass is 300 g/mol. The molecule has 0 amide bonds. The van der Waals surface area contributed by atoms with Crippen molar-refractivity contribution < 1.29 is 0 Å². The molecule has 2 aliphatic carbocycles. The van der Waals surface area contributed by atoms with Crippen molar-refractivity contribution in [3.05, 3.63) is 10.6 Å². The zero-order valence-electron chi connectivity index (χ0n) is 11.4. The topological polar surface area (TPSA) is 50.7 Å². The molecule has 1 heterocycles. The van der Waals surface area contributed by atoms with E-state index in [1.807, 2.05) is 0 Å². The summed E-state index contributed by atoms with van der Waals surface area (Å²) in [6.45, 7) is 7.00. The Balaban J connectivity index is 1.90. The fourth-order valence-corrected chi connectivity index (χ4v) is 4.55. The lowest BCUT2D eigenvalue weighted by Gasteiger charge is -2.43. The first kappa shape index (κ1) is 13.4. The molecule has 4 nitrogen and oxygen atoms in total. The molecule has 0 radical (unpaired) electrons. The number of hydrogen-bond acceptors (Lipinski definition) is 4. The van der Waals surface area contributed by atoms with E-state index in [9.17, 15) is 0 Å². The van der Waals surface area contributed by atoms with Crippen LogP contribution in [-0.2, 0) is 0 Å². The number of nitrogens with zero attached hydrogens (tertiary/aromatic N) is 3.